The highest BCUT2D eigenvalue weighted by Crippen LogP contribution is 2.27. The Morgan fingerprint density at radius 2 is 1.86 bits per heavy atom. The van der Waals surface area contributed by atoms with Crippen molar-refractivity contribution in [1.82, 2.24) is 19.7 Å². The van der Waals surface area contributed by atoms with E-state index in [2.05, 4.69) is 41.1 Å². The summed E-state index contributed by atoms with van der Waals surface area (Å²) in [6, 6.07) is 13.3. The number of halogens is 4. The number of nitrogens with one attached hydrogen (secondary N) is 1. The highest BCUT2D eigenvalue weighted by molar-refractivity contribution is 9.10. The molecule has 0 atom stereocenters. The van der Waals surface area contributed by atoms with Crippen molar-refractivity contribution in [1.29, 1.82) is 0 Å². The molecule has 2 aromatic heterocycles. The number of aromatic nitrogens is 4. The van der Waals surface area contributed by atoms with Crippen LogP contribution in [0.25, 0.3) is 11.0 Å². The van der Waals surface area contributed by atoms with Crippen LogP contribution in [0.15, 0.2) is 65.5 Å². The fraction of sp³-hybridized carbons (Fsp3) is 0.105. The average Bonchev–Trinajstić information content (AvgIpc) is 3.06. The van der Waals surface area contributed by atoms with Crippen molar-refractivity contribution in [2.75, 3.05) is 5.32 Å². The van der Waals surface area contributed by atoms with E-state index < -0.39 is 6.36 Å². The summed E-state index contributed by atoms with van der Waals surface area (Å²) >= 11 is 3.45. The third-order valence-electron chi connectivity index (χ3n) is 4.01. The van der Waals surface area contributed by atoms with E-state index in [4.69, 9.17) is 0 Å². The van der Waals surface area contributed by atoms with Gasteiger partial charge in [0.05, 0.1) is 18.1 Å². The molecule has 6 nitrogen and oxygen atoms in total. The van der Waals surface area contributed by atoms with Crippen molar-refractivity contribution >= 4 is 38.5 Å². The topological polar surface area (TPSA) is 64.9 Å². The SMILES string of the molecule is FC(F)(F)Oc1ccc(Nc2ncnc3c2cnn3Cc2cccc(Br)c2)cc1. The third-order valence-corrected chi connectivity index (χ3v) is 4.50. The summed E-state index contributed by atoms with van der Waals surface area (Å²) in [5.74, 6) is 0.206. The maximum atomic E-state index is 12.3. The standard InChI is InChI=1S/C19H13BrF3N5O/c20-13-3-1-2-12(8-13)10-28-18-16(9-26-28)17(24-11-25-18)27-14-4-6-15(7-5-14)29-19(21,22)23/h1-9,11H,10H2,(H,24,25,27). The molecular formula is C19H13BrF3N5O. The molecule has 4 rings (SSSR count). The molecule has 0 amide bonds. The number of nitrogens with zero attached hydrogens (tertiary/aromatic N) is 4. The summed E-state index contributed by atoms with van der Waals surface area (Å²) in [5, 5.41) is 8.16. The lowest BCUT2D eigenvalue weighted by molar-refractivity contribution is -0.274. The molecule has 0 saturated carbocycles. The molecule has 0 spiro atoms. The van der Waals surface area contributed by atoms with Crippen LogP contribution in [0.3, 0.4) is 0 Å². The van der Waals surface area contributed by atoms with Crippen molar-refractivity contribution in [3.63, 3.8) is 0 Å². The molecule has 29 heavy (non-hydrogen) atoms. The number of fused-ring (bicyclic) bond motifs is 1. The first-order chi connectivity index (χ1) is 13.9. The molecule has 1 N–H and O–H groups in total. The van der Waals surface area contributed by atoms with Crippen molar-refractivity contribution in [2.45, 2.75) is 12.9 Å². The molecule has 0 aliphatic rings. The summed E-state index contributed by atoms with van der Waals surface area (Å²) in [5.41, 5.74) is 2.25. The van der Waals surface area contributed by atoms with Gasteiger partial charge in [0.1, 0.15) is 17.9 Å². The third kappa shape index (κ3) is 4.65. The smallest absolute Gasteiger partial charge is 0.406 e. The first-order valence-electron chi connectivity index (χ1n) is 8.41. The lowest BCUT2D eigenvalue weighted by Gasteiger charge is -2.10. The molecule has 0 aliphatic carbocycles. The second kappa shape index (κ2) is 7.70. The Kier molecular flexibility index (Phi) is 5.10. The van der Waals surface area contributed by atoms with Crippen LogP contribution < -0.4 is 10.1 Å². The van der Waals surface area contributed by atoms with Gasteiger partial charge < -0.3 is 10.1 Å². The van der Waals surface area contributed by atoms with Gasteiger partial charge >= 0.3 is 6.36 Å². The van der Waals surface area contributed by atoms with Crippen LogP contribution in [0.4, 0.5) is 24.7 Å². The van der Waals surface area contributed by atoms with Crippen LogP contribution in [0, 0.1) is 0 Å². The van der Waals surface area contributed by atoms with E-state index >= 15 is 0 Å². The second-order valence-electron chi connectivity index (χ2n) is 6.09. The number of hydrogen-bond acceptors (Lipinski definition) is 5. The van der Waals surface area contributed by atoms with Gasteiger partial charge in [-0.1, -0.05) is 28.1 Å². The number of ether oxygens (including phenoxy) is 1. The summed E-state index contributed by atoms with van der Waals surface area (Å²) in [6.07, 6.45) is -1.67. The van der Waals surface area contributed by atoms with Crippen molar-refractivity contribution in [3.8, 4) is 5.75 Å². The Morgan fingerprint density at radius 3 is 2.59 bits per heavy atom. The fourth-order valence-electron chi connectivity index (χ4n) is 2.79. The molecule has 0 aliphatic heterocycles. The van der Waals surface area contributed by atoms with Gasteiger partial charge in [0.2, 0.25) is 0 Å². The zero-order valence-electron chi connectivity index (χ0n) is 14.7. The maximum Gasteiger partial charge on any atom is 0.573 e. The lowest BCUT2D eigenvalue weighted by Crippen LogP contribution is -2.16. The fourth-order valence-corrected chi connectivity index (χ4v) is 3.24. The van der Waals surface area contributed by atoms with Crippen molar-refractivity contribution in [3.05, 3.63) is 71.1 Å². The minimum atomic E-state index is -4.73. The van der Waals surface area contributed by atoms with E-state index in [9.17, 15) is 13.2 Å². The van der Waals surface area contributed by atoms with Crippen LogP contribution in [0.5, 0.6) is 5.75 Å². The van der Waals surface area contributed by atoms with Gasteiger partial charge in [-0.15, -0.1) is 13.2 Å². The minimum absolute atomic E-state index is 0.294. The van der Waals surface area contributed by atoms with Gasteiger partial charge in [0.15, 0.2) is 5.65 Å². The monoisotopic (exact) mass is 463 g/mol. The van der Waals surface area contributed by atoms with E-state index in [0.717, 1.165) is 10.0 Å². The summed E-state index contributed by atoms with van der Waals surface area (Å²) < 4.78 is 43.4. The largest absolute Gasteiger partial charge is 0.573 e. The van der Waals surface area contributed by atoms with Crippen LogP contribution in [-0.2, 0) is 6.54 Å². The van der Waals surface area contributed by atoms with Gasteiger partial charge in [-0.3, -0.25) is 0 Å². The van der Waals surface area contributed by atoms with Gasteiger partial charge in [0.25, 0.3) is 0 Å². The maximum absolute atomic E-state index is 12.3. The van der Waals surface area contributed by atoms with Crippen LogP contribution in [-0.4, -0.2) is 26.1 Å². The molecule has 0 bridgehead atoms. The van der Waals surface area contributed by atoms with Crippen molar-refractivity contribution < 1.29 is 17.9 Å². The molecule has 0 fully saturated rings. The highest BCUT2D eigenvalue weighted by Gasteiger charge is 2.30. The molecule has 0 saturated heterocycles. The van der Waals surface area contributed by atoms with Gasteiger partial charge in [0, 0.05) is 10.2 Å². The average molecular weight is 464 g/mol. The van der Waals surface area contributed by atoms with E-state index in [1.807, 2.05) is 24.3 Å². The normalized spacial score (nSPS) is 11.6. The zero-order chi connectivity index (χ0) is 20.4. The van der Waals surface area contributed by atoms with Crippen molar-refractivity contribution in [2.24, 2.45) is 0 Å². The van der Waals surface area contributed by atoms with Crippen LogP contribution >= 0.6 is 15.9 Å². The van der Waals surface area contributed by atoms with E-state index in [1.165, 1.54) is 30.6 Å². The number of alkyl halides is 3. The molecule has 2 aromatic carbocycles. The Labute approximate surface area is 171 Å². The van der Waals surface area contributed by atoms with E-state index in [1.54, 1.807) is 10.9 Å². The molecule has 148 valence electrons. The highest BCUT2D eigenvalue weighted by atomic mass is 79.9. The minimum Gasteiger partial charge on any atom is -0.406 e. The molecular weight excluding hydrogens is 451 g/mol. The second-order valence-corrected chi connectivity index (χ2v) is 7.00. The Hall–Kier alpha value is -3.14. The number of rotatable bonds is 5. The molecule has 4 aromatic rings. The first kappa shape index (κ1) is 19.2. The van der Waals surface area contributed by atoms with E-state index in [-0.39, 0.29) is 5.75 Å². The van der Waals surface area contributed by atoms with E-state index in [0.29, 0.717) is 29.1 Å². The van der Waals surface area contributed by atoms with Crippen LogP contribution in [0.2, 0.25) is 0 Å². The Morgan fingerprint density at radius 1 is 1.07 bits per heavy atom. The number of hydrogen-bond donors (Lipinski definition) is 1. The predicted octanol–water partition coefficient (Wildman–Crippen LogP) is 5.28. The summed E-state index contributed by atoms with van der Waals surface area (Å²) in [6.45, 7) is 0.531. The van der Waals surface area contributed by atoms with Gasteiger partial charge in [-0.25, -0.2) is 14.6 Å². The number of benzene rings is 2. The first-order valence-corrected chi connectivity index (χ1v) is 9.20. The summed E-state index contributed by atoms with van der Waals surface area (Å²) in [7, 11) is 0. The Balaban J connectivity index is 1.56. The zero-order valence-corrected chi connectivity index (χ0v) is 16.3. The molecule has 0 unspecified atom stereocenters. The predicted molar refractivity (Wildman–Crippen MR) is 105 cm³/mol. The quantitative estimate of drug-likeness (QED) is 0.436. The summed E-state index contributed by atoms with van der Waals surface area (Å²) in [4.78, 5) is 8.53. The number of anilines is 2. The molecule has 10 heteroatoms. The van der Waals surface area contributed by atoms with Gasteiger partial charge in [-0.05, 0) is 42.0 Å². The Bertz CT molecular complexity index is 1140. The molecule has 2 heterocycles. The van der Waals surface area contributed by atoms with Gasteiger partial charge in [-0.2, -0.15) is 5.10 Å². The lowest BCUT2D eigenvalue weighted by atomic mass is 10.2. The molecule has 0 radical (unpaired) electrons. The van der Waals surface area contributed by atoms with Crippen LogP contribution in [0.1, 0.15) is 5.56 Å².